The lowest BCUT2D eigenvalue weighted by molar-refractivity contribution is -0.168. The highest BCUT2D eigenvalue weighted by atomic mass is 16.7. The Hall–Kier alpha value is -2.21. The second kappa shape index (κ2) is 8.90. The van der Waals surface area contributed by atoms with E-state index in [1.54, 1.807) is 0 Å². The summed E-state index contributed by atoms with van der Waals surface area (Å²) in [7, 11) is 0. The number of nitrogens with zero attached hydrogens (tertiary/aromatic N) is 1. The molecule has 0 bridgehead atoms. The minimum Gasteiger partial charge on any atom is -0.455 e. The van der Waals surface area contributed by atoms with E-state index in [9.17, 15) is 9.90 Å². The molecule has 2 saturated carbocycles. The van der Waals surface area contributed by atoms with Gasteiger partial charge in [-0.05, 0) is 81.5 Å². The number of carbonyl (C=O) groups excluding carboxylic acids is 1. The normalized spacial score (nSPS) is 39.1. The summed E-state index contributed by atoms with van der Waals surface area (Å²) in [6.07, 6.45) is 6.28. The molecule has 5 nitrogen and oxygen atoms in total. The molecule has 5 heteroatoms. The SMILES string of the molecule is C[C@H]1CC[C@@H]2[C@@H](CN3CCC(C(O)(c4ccccc4)c4ccccc4)CC3)C(=O)O[C@]23[C@H]1CC[C@@]1(C)O[C@@H]31. The molecule has 7 atom stereocenters. The second-order valence-corrected chi connectivity index (χ2v) is 13.1. The van der Waals surface area contributed by atoms with Crippen LogP contribution in [0.1, 0.15) is 63.5 Å². The minimum atomic E-state index is -1.02. The number of likely N-dealkylation sites (tertiary alicyclic amines) is 1. The molecule has 7 rings (SSSR count). The Morgan fingerprint density at radius 1 is 0.921 bits per heavy atom. The van der Waals surface area contributed by atoms with E-state index in [0.29, 0.717) is 11.8 Å². The fraction of sp³-hybridized carbons (Fsp3) is 0.606. The third-order valence-corrected chi connectivity index (χ3v) is 11.2. The molecular weight excluding hydrogens is 474 g/mol. The first-order valence-electron chi connectivity index (χ1n) is 14.8. The molecule has 3 aliphatic heterocycles. The summed E-state index contributed by atoms with van der Waals surface area (Å²) in [5.74, 6) is 1.30. The number of piperidine rings is 1. The van der Waals surface area contributed by atoms with Gasteiger partial charge in [-0.2, -0.15) is 0 Å². The number of epoxide rings is 1. The van der Waals surface area contributed by atoms with Crippen LogP contribution in [-0.4, -0.2) is 52.9 Å². The van der Waals surface area contributed by atoms with E-state index in [1.807, 2.05) is 60.7 Å². The van der Waals surface area contributed by atoms with Gasteiger partial charge in [-0.3, -0.25) is 4.79 Å². The van der Waals surface area contributed by atoms with Crippen molar-refractivity contribution in [2.75, 3.05) is 19.6 Å². The largest absolute Gasteiger partial charge is 0.455 e. The molecule has 2 aliphatic carbocycles. The van der Waals surface area contributed by atoms with Crippen LogP contribution in [0, 0.1) is 29.6 Å². The standard InChI is InChI=1S/C33H41NO4/c1-22-13-14-28-26(29(35)37-33(28)27(22)15-18-31(2)30(33)38-31)21-34-19-16-25(17-20-34)32(36,23-9-5-3-6-10-23)24-11-7-4-8-12-24/h3-12,22,25-28,30,36H,13-21H2,1-2H3/t22-,26+,27-,28+,30+,31+,33+/m0/s1. The van der Waals surface area contributed by atoms with E-state index < -0.39 is 11.2 Å². The quantitative estimate of drug-likeness (QED) is 0.440. The van der Waals surface area contributed by atoms with Crippen molar-refractivity contribution in [3.8, 4) is 0 Å². The van der Waals surface area contributed by atoms with E-state index in [4.69, 9.17) is 9.47 Å². The molecule has 0 unspecified atom stereocenters. The van der Waals surface area contributed by atoms with Crippen LogP contribution in [0.15, 0.2) is 60.7 Å². The molecule has 1 N–H and O–H groups in total. The fourth-order valence-electron chi connectivity index (χ4n) is 9.10. The molecule has 5 aliphatic rings. The van der Waals surface area contributed by atoms with Crippen LogP contribution in [0.2, 0.25) is 0 Å². The Balaban J connectivity index is 1.09. The summed E-state index contributed by atoms with van der Waals surface area (Å²) < 4.78 is 12.8. The predicted octanol–water partition coefficient (Wildman–Crippen LogP) is 5.16. The zero-order valence-electron chi connectivity index (χ0n) is 22.7. The smallest absolute Gasteiger partial charge is 0.311 e. The number of carbonyl (C=O) groups is 1. The number of fused-ring (bicyclic) bond motifs is 1. The Morgan fingerprint density at radius 3 is 2.18 bits per heavy atom. The average Bonchev–Trinajstić information content (AvgIpc) is 3.58. The van der Waals surface area contributed by atoms with Gasteiger partial charge in [-0.15, -0.1) is 0 Å². The van der Waals surface area contributed by atoms with Gasteiger partial charge in [0.25, 0.3) is 0 Å². The van der Waals surface area contributed by atoms with E-state index in [1.165, 1.54) is 6.42 Å². The molecule has 38 heavy (non-hydrogen) atoms. The van der Waals surface area contributed by atoms with Crippen molar-refractivity contribution in [2.24, 2.45) is 29.6 Å². The summed E-state index contributed by atoms with van der Waals surface area (Å²) in [6.45, 7) is 7.09. The summed E-state index contributed by atoms with van der Waals surface area (Å²) in [6, 6.07) is 20.2. The number of rotatable bonds is 5. The van der Waals surface area contributed by atoms with Crippen molar-refractivity contribution in [3.63, 3.8) is 0 Å². The van der Waals surface area contributed by atoms with Crippen LogP contribution < -0.4 is 0 Å². The maximum absolute atomic E-state index is 13.5. The molecular formula is C33H41NO4. The Kier molecular flexibility index (Phi) is 5.81. The van der Waals surface area contributed by atoms with Crippen molar-refractivity contribution < 1.29 is 19.4 Å². The van der Waals surface area contributed by atoms with Gasteiger partial charge in [-0.1, -0.05) is 67.6 Å². The highest BCUT2D eigenvalue weighted by Crippen LogP contribution is 2.66. The van der Waals surface area contributed by atoms with Crippen LogP contribution in [0.25, 0.3) is 0 Å². The molecule has 0 aromatic heterocycles. The van der Waals surface area contributed by atoms with E-state index >= 15 is 0 Å². The highest BCUT2D eigenvalue weighted by molar-refractivity contribution is 5.77. The summed E-state index contributed by atoms with van der Waals surface area (Å²) >= 11 is 0. The van der Waals surface area contributed by atoms with Crippen molar-refractivity contribution in [1.82, 2.24) is 4.90 Å². The summed E-state index contributed by atoms with van der Waals surface area (Å²) in [4.78, 5) is 15.9. The molecule has 2 aromatic carbocycles. The van der Waals surface area contributed by atoms with Gasteiger partial charge in [-0.25, -0.2) is 0 Å². The fourth-order valence-corrected chi connectivity index (χ4v) is 9.10. The first kappa shape index (κ1) is 24.8. The average molecular weight is 516 g/mol. The van der Waals surface area contributed by atoms with Crippen molar-refractivity contribution in [3.05, 3.63) is 71.8 Å². The lowest BCUT2D eigenvalue weighted by atomic mass is 9.55. The maximum Gasteiger partial charge on any atom is 0.311 e. The third kappa shape index (κ3) is 3.58. The third-order valence-electron chi connectivity index (χ3n) is 11.2. The lowest BCUT2D eigenvalue weighted by Crippen LogP contribution is -2.58. The van der Waals surface area contributed by atoms with Gasteiger partial charge in [0.1, 0.15) is 17.3 Å². The van der Waals surface area contributed by atoms with Gasteiger partial charge in [0, 0.05) is 18.4 Å². The lowest BCUT2D eigenvalue weighted by Gasteiger charge is -2.50. The number of esters is 1. The maximum atomic E-state index is 13.5. The van der Waals surface area contributed by atoms with Crippen LogP contribution in [0.5, 0.6) is 0 Å². The first-order valence-corrected chi connectivity index (χ1v) is 14.8. The Bertz CT molecular complexity index is 1140. The van der Waals surface area contributed by atoms with Crippen molar-refractivity contribution in [2.45, 2.75) is 75.3 Å². The van der Waals surface area contributed by atoms with Gasteiger partial charge in [0.15, 0.2) is 0 Å². The number of benzene rings is 2. The zero-order valence-corrected chi connectivity index (χ0v) is 22.7. The highest BCUT2D eigenvalue weighted by Gasteiger charge is 2.77. The van der Waals surface area contributed by atoms with Crippen LogP contribution in [0.3, 0.4) is 0 Å². The zero-order chi connectivity index (χ0) is 26.1. The molecule has 3 heterocycles. The molecule has 0 amide bonds. The molecule has 3 saturated heterocycles. The van der Waals surface area contributed by atoms with Crippen molar-refractivity contribution in [1.29, 1.82) is 0 Å². The number of aliphatic hydroxyl groups is 1. The summed E-state index contributed by atoms with van der Waals surface area (Å²) in [5.41, 5.74) is 0.383. The topological polar surface area (TPSA) is 62.3 Å². The van der Waals surface area contributed by atoms with Gasteiger partial charge in [0.05, 0.1) is 11.5 Å². The van der Waals surface area contributed by atoms with Crippen LogP contribution in [0.4, 0.5) is 0 Å². The summed E-state index contributed by atoms with van der Waals surface area (Å²) in [5, 5.41) is 12.3. The number of hydrogen-bond donors (Lipinski definition) is 1. The van der Waals surface area contributed by atoms with Gasteiger partial charge >= 0.3 is 5.97 Å². The van der Waals surface area contributed by atoms with Gasteiger partial charge in [0.2, 0.25) is 0 Å². The Labute approximate surface area is 226 Å². The molecule has 0 radical (unpaired) electrons. The minimum absolute atomic E-state index is 0.000972. The monoisotopic (exact) mass is 515 g/mol. The van der Waals surface area contributed by atoms with Crippen molar-refractivity contribution >= 4 is 5.97 Å². The van der Waals surface area contributed by atoms with E-state index in [2.05, 4.69) is 18.7 Å². The number of hydrogen-bond acceptors (Lipinski definition) is 5. The molecule has 5 fully saturated rings. The number of ether oxygens (including phenoxy) is 2. The van der Waals surface area contributed by atoms with Crippen LogP contribution in [-0.2, 0) is 19.9 Å². The second-order valence-electron chi connectivity index (χ2n) is 13.1. The Morgan fingerprint density at radius 2 is 1.55 bits per heavy atom. The molecule has 1 spiro atoms. The molecule has 2 aromatic rings. The van der Waals surface area contributed by atoms with Crippen LogP contribution >= 0.6 is 0 Å². The van der Waals surface area contributed by atoms with E-state index in [-0.39, 0.29) is 35.4 Å². The van der Waals surface area contributed by atoms with E-state index in [0.717, 1.165) is 62.9 Å². The first-order chi connectivity index (χ1) is 18.4. The van der Waals surface area contributed by atoms with Gasteiger partial charge < -0.3 is 19.5 Å². The predicted molar refractivity (Wildman–Crippen MR) is 145 cm³/mol. The molecule has 202 valence electrons.